The summed E-state index contributed by atoms with van der Waals surface area (Å²) in [7, 11) is 4.45. The van der Waals surface area contributed by atoms with Crippen molar-refractivity contribution in [3.05, 3.63) is 162 Å². The molecule has 3 fully saturated rings. The lowest BCUT2D eigenvalue weighted by Crippen LogP contribution is -2.39. The van der Waals surface area contributed by atoms with Gasteiger partial charge in [-0.1, -0.05) is 112 Å². The average molecular weight is 1170 g/mol. The molecule has 2 N–H and O–H groups in total. The van der Waals surface area contributed by atoms with Gasteiger partial charge in [-0.15, -0.1) is 0 Å². The number of piperidine rings is 3. The van der Waals surface area contributed by atoms with Gasteiger partial charge in [0.1, 0.15) is 12.2 Å². The molecule has 6 heterocycles. The van der Waals surface area contributed by atoms with Crippen molar-refractivity contribution < 1.29 is 48.3 Å². The minimum atomic E-state index is -0.969. The first-order chi connectivity index (χ1) is 41.2. The Labute approximate surface area is 502 Å². The van der Waals surface area contributed by atoms with Crippen molar-refractivity contribution in [1.82, 2.24) is 29.9 Å². The topological polar surface area (TPSA) is 225 Å². The Morgan fingerprint density at radius 2 is 0.706 bits per heavy atom. The Balaban J connectivity index is 0.000000191. The Morgan fingerprint density at radius 3 is 0.941 bits per heavy atom. The van der Waals surface area contributed by atoms with Gasteiger partial charge in [0.2, 0.25) is 17.8 Å². The number of aliphatic hydroxyl groups is 1. The quantitative estimate of drug-likeness (QED) is 0.0678. The number of aryl methyl sites for hydroxylation is 3. The molecule has 0 aliphatic carbocycles. The van der Waals surface area contributed by atoms with Crippen LogP contribution in [0.5, 0.6) is 0 Å². The lowest BCUT2D eigenvalue weighted by atomic mass is 9.92. The molecule has 0 saturated carbocycles. The molecule has 458 valence electrons. The zero-order valence-corrected chi connectivity index (χ0v) is 51.1. The Kier molecular flexibility index (Phi) is 27.5. The van der Waals surface area contributed by atoms with Crippen molar-refractivity contribution in [2.75, 3.05) is 75.3 Å². The number of anilines is 3. The van der Waals surface area contributed by atoms with Crippen LogP contribution in [0.15, 0.2) is 128 Å². The minimum Gasteiger partial charge on any atom is -0.479 e. The van der Waals surface area contributed by atoms with Gasteiger partial charge in [-0.25, -0.2) is 44.3 Å². The molecule has 19 heteroatoms. The summed E-state index contributed by atoms with van der Waals surface area (Å²) in [5.41, 5.74) is 5.74. The molecule has 9 rings (SSSR count). The molecule has 0 radical (unpaired) electrons. The van der Waals surface area contributed by atoms with Crippen molar-refractivity contribution in [3.8, 4) is 0 Å². The summed E-state index contributed by atoms with van der Waals surface area (Å²) in [6, 6.07) is 27.7. The number of aromatic nitrogens is 6. The van der Waals surface area contributed by atoms with Gasteiger partial charge >= 0.3 is 17.9 Å². The third kappa shape index (κ3) is 20.4. The largest absolute Gasteiger partial charge is 0.479 e. The Bertz CT molecular complexity index is 2710. The Morgan fingerprint density at radius 1 is 0.447 bits per heavy atom. The van der Waals surface area contributed by atoms with Gasteiger partial charge in [0.25, 0.3) is 0 Å². The minimum absolute atomic E-state index is 0.153. The highest BCUT2D eigenvalue weighted by molar-refractivity contribution is 5.77. The Hall–Kier alpha value is -7.45. The zero-order chi connectivity index (χ0) is 61.1. The fraction of sp³-hybridized carbons (Fsp3) is 0.500. The number of carboxylic acid groups (broad SMARTS) is 1. The van der Waals surface area contributed by atoms with E-state index in [0.717, 1.165) is 137 Å². The number of carbonyl (C=O) groups is 3. The van der Waals surface area contributed by atoms with Gasteiger partial charge in [-0.05, 0) is 130 Å². The first-order valence-electron chi connectivity index (χ1n) is 29.9. The van der Waals surface area contributed by atoms with E-state index in [1.54, 1.807) is 24.3 Å². The molecule has 1 unspecified atom stereocenters. The molecule has 0 spiro atoms. The van der Waals surface area contributed by atoms with Gasteiger partial charge in [-0.2, -0.15) is 0 Å². The second-order valence-corrected chi connectivity index (χ2v) is 21.7. The number of ether oxygens (including phenoxy) is 5. The molecule has 3 saturated heterocycles. The molecular weight excluding hydrogens is 1080 g/mol. The number of methoxy groups -OCH3 is 3. The molecule has 0 amide bonds. The van der Waals surface area contributed by atoms with Gasteiger partial charge in [-0.3, -0.25) is 0 Å². The van der Waals surface area contributed by atoms with E-state index >= 15 is 0 Å². The summed E-state index contributed by atoms with van der Waals surface area (Å²) in [5, 5.41) is 18.3. The first kappa shape index (κ1) is 66.7. The van der Waals surface area contributed by atoms with E-state index in [-0.39, 0.29) is 30.3 Å². The van der Waals surface area contributed by atoms with Gasteiger partial charge < -0.3 is 48.6 Å². The number of aliphatic carboxylic acids is 1. The van der Waals surface area contributed by atoms with Crippen LogP contribution in [0.25, 0.3) is 0 Å². The summed E-state index contributed by atoms with van der Waals surface area (Å²) in [6.45, 7) is 17.5. The number of nitrogens with zero attached hydrogens (tertiary/aromatic N) is 9. The summed E-state index contributed by atoms with van der Waals surface area (Å²) in [6.07, 6.45) is 17.3. The molecule has 85 heavy (non-hydrogen) atoms. The maximum absolute atomic E-state index is 12.6. The molecule has 6 aromatic rings. The van der Waals surface area contributed by atoms with E-state index in [0.29, 0.717) is 23.3 Å². The van der Waals surface area contributed by atoms with Crippen LogP contribution in [0.1, 0.15) is 132 Å². The smallest absolute Gasteiger partial charge is 0.340 e. The normalized spacial score (nSPS) is 16.9. The van der Waals surface area contributed by atoms with Crippen LogP contribution in [0.2, 0.25) is 0 Å². The summed E-state index contributed by atoms with van der Waals surface area (Å²) in [5.74, 6) is 1.83. The summed E-state index contributed by atoms with van der Waals surface area (Å²) < 4.78 is 27.1. The van der Waals surface area contributed by atoms with Crippen molar-refractivity contribution in [3.63, 3.8) is 0 Å². The molecular formula is C66H89N9O10. The highest BCUT2D eigenvalue weighted by Crippen LogP contribution is 2.30. The first-order valence-corrected chi connectivity index (χ1v) is 29.9. The fourth-order valence-corrected chi connectivity index (χ4v) is 10.5. The maximum Gasteiger partial charge on any atom is 0.340 e. The van der Waals surface area contributed by atoms with Crippen LogP contribution in [0, 0.1) is 17.8 Å². The fourth-order valence-electron chi connectivity index (χ4n) is 10.5. The van der Waals surface area contributed by atoms with Crippen molar-refractivity contribution in [1.29, 1.82) is 0 Å². The third-order valence-electron chi connectivity index (χ3n) is 16.0. The number of aliphatic hydroxyl groups excluding tert-OH is 1. The van der Waals surface area contributed by atoms with Crippen molar-refractivity contribution >= 4 is 35.8 Å². The molecule has 3 aliphatic heterocycles. The standard InChI is InChI=1S/2C22H29N3O3.C13H21N3O.C9H10O3/c2*1-4-17-14-23-22(24-15-17)25-12-10-18(11-13-25)16(2)28-21(26)20(27-3)19-8-6-5-7-9-19;1-3-11-8-14-13(15-9-11)16-6-4-12(5-7-16)10(2)17;1-12-8(9(10)11)7-5-3-2-4-6-7/h2*5-9,14-16,18,20H,4,10-13H2,1-3H3;8-10,12,17H,3-7H2,1-2H3;2-6,8H,1H3,(H,10,11)/t16-,20+;16-,20-;;8-/m01.1/s1. The van der Waals surface area contributed by atoms with E-state index in [2.05, 4.69) is 65.4 Å². The van der Waals surface area contributed by atoms with Gasteiger partial charge in [0.15, 0.2) is 18.3 Å². The van der Waals surface area contributed by atoms with E-state index in [1.165, 1.54) is 26.9 Å². The van der Waals surface area contributed by atoms with E-state index < -0.39 is 24.3 Å². The van der Waals surface area contributed by atoms with E-state index in [9.17, 15) is 19.5 Å². The van der Waals surface area contributed by atoms with Crippen LogP contribution in [0.4, 0.5) is 17.8 Å². The zero-order valence-electron chi connectivity index (χ0n) is 51.1. The molecule has 3 aromatic heterocycles. The number of hydrogen-bond acceptors (Lipinski definition) is 18. The van der Waals surface area contributed by atoms with E-state index in [1.807, 2.05) is 125 Å². The number of carboxylic acids is 1. The average Bonchev–Trinajstić information content (AvgIpc) is 3.75. The van der Waals surface area contributed by atoms with E-state index in [4.69, 9.17) is 28.8 Å². The van der Waals surface area contributed by atoms with Crippen molar-refractivity contribution in [2.24, 2.45) is 17.8 Å². The summed E-state index contributed by atoms with van der Waals surface area (Å²) in [4.78, 5) is 69.1. The van der Waals surface area contributed by atoms with Gasteiger partial charge in [0.05, 0.1) is 6.10 Å². The second-order valence-electron chi connectivity index (χ2n) is 21.7. The van der Waals surface area contributed by atoms with Crippen LogP contribution in [-0.4, -0.2) is 137 Å². The van der Waals surface area contributed by atoms with Gasteiger partial charge in [0, 0.05) is 97.8 Å². The highest BCUT2D eigenvalue weighted by atomic mass is 16.6. The summed E-state index contributed by atoms with van der Waals surface area (Å²) >= 11 is 0. The van der Waals surface area contributed by atoms with Crippen molar-refractivity contribution in [2.45, 2.75) is 136 Å². The number of esters is 2. The predicted octanol–water partition coefficient (Wildman–Crippen LogP) is 10.2. The number of benzene rings is 3. The maximum atomic E-state index is 12.6. The van der Waals surface area contributed by atoms with Crippen LogP contribution in [-0.2, 0) is 57.3 Å². The monoisotopic (exact) mass is 1170 g/mol. The predicted molar refractivity (Wildman–Crippen MR) is 328 cm³/mol. The molecule has 0 bridgehead atoms. The third-order valence-corrected chi connectivity index (χ3v) is 16.0. The molecule has 19 nitrogen and oxygen atoms in total. The SMILES string of the molecule is CCc1cnc(N2CCC(C(C)O)CC2)nc1.CCc1cnc(N2CCC([C@@H](C)OC(=O)[C@H](OC)c3ccccc3)CC2)nc1.CCc1cnc(N2CCC([C@H](C)OC(=O)[C@H](OC)c3ccccc3)CC2)nc1.CO[C@@H](C(=O)O)c1ccccc1. The lowest BCUT2D eigenvalue weighted by molar-refractivity contribution is -0.164. The highest BCUT2D eigenvalue weighted by Gasteiger charge is 2.32. The number of carbonyl (C=O) groups excluding carboxylic acids is 2. The van der Waals surface area contributed by atoms with Crippen LogP contribution in [0.3, 0.4) is 0 Å². The van der Waals surface area contributed by atoms with Crippen LogP contribution >= 0.6 is 0 Å². The number of hydrogen-bond donors (Lipinski definition) is 2. The molecule has 3 aromatic carbocycles. The second kappa shape index (κ2) is 35.1. The molecule has 3 aliphatic rings. The lowest BCUT2D eigenvalue weighted by Gasteiger charge is -2.34. The molecule has 6 atom stereocenters. The van der Waals surface area contributed by atoms with Crippen LogP contribution < -0.4 is 14.7 Å². The number of rotatable bonds is 20.